The van der Waals surface area contributed by atoms with Crippen LogP contribution < -0.4 is 9.47 Å². The molecule has 2 aliphatic heterocycles. The number of hydrogen-bond donors (Lipinski definition) is 1. The molecule has 0 atom stereocenters. The molecule has 0 saturated heterocycles. The standard InChI is InChI=1S/C26H28N4O3S/c1-16(2)21-11-6-17(3)14-23(21)33-13-5-12-32-20-9-7-19(8-10-20)15-22-24(27)30-26(28-25(22)31)34-18(4)29-30/h6-11,14-16,27H,5,12-13H2,1-4H3/b22-15+,27-24?. The number of hydrogen-bond acceptors (Lipinski definition) is 6. The molecule has 2 aromatic carbocycles. The van der Waals surface area contributed by atoms with Crippen LogP contribution in [0.1, 0.15) is 49.8 Å². The molecule has 2 aliphatic rings. The van der Waals surface area contributed by atoms with Gasteiger partial charge in [-0.05, 0) is 72.5 Å². The summed E-state index contributed by atoms with van der Waals surface area (Å²) in [7, 11) is 0. The maximum atomic E-state index is 12.4. The number of ether oxygens (including phenoxy) is 2. The number of amides is 1. The summed E-state index contributed by atoms with van der Waals surface area (Å²) in [5, 5.41) is 15.2. The molecule has 8 heteroatoms. The zero-order chi connectivity index (χ0) is 24.2. The lowest BCUT2D eigenvalue weighted by Gasteiger charge is -2.20. The highest BCUT2D eigenvalue weighted by Crippen LogP contribution is 2.29. The predicted molar refractivity (Wildman–Crippen MR) is 138 cm³/mol. The summed E-state index contributed by atoms with van der Waals surface area (Å²) in [6, 6.07) is 13.7. The molecule has 176 valence electrons. The number of carbonyl (C=O) groups excluding carboxylic acids is 1. The van der Waals surface area contributed by atoms with E-state index in [9.17, 15) is 4.79 Å². The lowest BCUT2D eigenvalue weighted by molar-refractivity contribution is -0.114. The Hall–Kier alpha value is -3.39. The molecule has 2 aromatic rings. The van der Waals surface area contributed by atoms with Gasteiger partial charge in [0.05, 0.1) is 23.8 Å². The van der Waals surface area contributed by atoms with Crippen LogP contribution in [0.15, 0.2) is 58.1 Å². The first kappa shape index (κ1) is 23.8. The number of nitrogens with zero attached hydrogens (tertiary/aromatic N) is 3. The highest BCUT2D eigenvalue weighted by Gasteiger charge is 2.34. The summed E-state index contributed by atoms with van der Waals surface area (Å²) in [4.78, 5) is 16.4. The van der Waals surface area contributed by atoms with Gasteiger partial charge in [0.25, 0.3) is 5.91 Å². The Balaban J connectivity index is 1.30. The van der Waals surface area contributed by atoms with Crippen LogP contribution in [0.3, 0.4) is 0 Å². The largest absolute Gasteiger partial charge is 0.493 e. The summed E-state index contributed by atoms with van der Waals surface area (Å²) >= 11 is 1.29. The number of fused-ring (bicyclic) bond motifs is 1. The summed E-state index contributed by atoms with van der Waals surface area (Å²) in [5.74, 6) is 1.70. The maximum Gasteiger partial charge on any atom is 0.283 e. The van der Waals surface area contributed by atoms with Gasteiger partial charge in [-0.3, -0.25) is 10.2 Å². The van der Waals surface area contributed by atoms with E-state index in [4.69, 9.17) is 14.9 Å². The summed E-state index contributed by atoms with van der Waals surface area (Å²) in [5.41, 5.74) is 3.40. The van der Waals surface area contributed by atoms with E-state index in [0.717, 1.165) is 28.5 Å². The molecule has 2 heterocycles. The molecule has 0 aliphatic carbocycles. The lowest BCUT2D eigenvalue weighted by Crippen LogP contribution is -2.35. The van der Waals surface area contributed by atoms with Crippen molar-refractivity contribution in [1.29, 1.82) is 5.41 Å². The highest BCUT2D eigenvalue weighted by atomic mass is 32.2. The number of hydrazone groups is 1. The molecule has 1 N–H and O–H groups in total. The predicted octanol–water partition coefficient (Wildman–Crippen LogP) is 5.61. The number of thioether (sulfide) groups is 1. The van der Waals surface area contributed by atoms with E-state index >= 15 is 0 Å². The molecule has 0 fully saturated rings. The third-order valence-corrected chi connectivity index (χ3v) is 6.18. The average Bonchev–Trinajstić information content (AvgIpc) is 3.17. The topological polar surface area (TPSA) is 87.3 Å². The number of carbonyl (C=O) groups is 1. The van der Waals surface area contributed by atoms with Crippen molar-refractivity contribution in [2.75, 3.05) is 13.2 Å². The quantitative estimate of drug-likeness (QED) is 0.395. The fraction of sp³-hybridized carbons (Fsp3) is 0.308. The van der Waals surface area contributed by atoms with Gasteiger partial charge in [0.15, 0.2) is 5.84 Å². The Morgan fingerprint density at radius 2 is 1.82 bits per heavy atom. The number of aliphatic imine (C=N–C) groups is 1. The van der Waals surface area contributed by atoms with Gasteiger partial charge in [-0.25, -0.2) is 0 Å². The van der Waals surface area contributed by atoms with Crippen LogP contribution >= 0.6 is 11.8 Å². The van der Waals surface area contributed by atoms with Crippen molar-refractivity contribution in [3.05, 3.63) is 64.7 Å². The van der Waals surface area contributed by atoms with Gasteiger partial charge in [0, 0.05) is 6.42 Å². The van der Waals surface area contributed by atoms with Gasteiger partial charge >= 0.3 is 0 Å². The maximum absolute atomic E-state index is 12.4. The van der Waals surface area contributed by atoms with Crippen LogP contribution in [-0.2, 0) is 4.79 Å². The zero-order valence-corrected chi connectivity index (χ0v) is 20.6. The Bertz CT molecular complexity index is 1200. The first-order chi connectivity index (χ1) is 16.3. The molecule has 1 amide bonds. The van der Waals surface area contributed by atoms with E-state index in [1.807, 2.05) is 31.2 Å². The van der Waals surface area contributed by atoms with Crippen molar-refractivity contribution in [2.45, 2.75) is 40.0 Å². The van der Waals surface area contributed by atoms with Gasteiger partial charge in [-0.2, -0.15) is 15.1 Å². The van der Waals surface area contributed by atoms with Crippen molar-refractivity contribution in [3.8, 4) is 11.5 Å². The molecule has 7 nitrogen and oxygen atoms in total. The summed E-state index contributed by atoms with van der Waals surface area (Å²) in [6.45, 7) is 9.33. The van der Waals surface area contributed by atoms with Crippen molar-refractivity contribution in [2.24, 2.45) is 10.1 Å². The molecular weight excluding hydrogens is 448 g/mol. The van der Waals surface area contributed by atoms with Gasteiger partial charge in [-0.1, -0.05) is 38.1 Å². The minimum atomic E-state index is -0.428. The SMILES string of the molecule is CC1=NN2C(=N)/C(=C\c3ccc(OCCCOc4cc(C)ccc4C(C)C)cc3)C(=O)N=C2S1. The minimum absolute atomic E-state index is 0.0360. The van der Waals surface area contributed by atoms with Gasteiger partial charge in [-0.15, -0.1) is 0 Å². The molecule has 0 radical (unpaired) electrons. The number of nitrogens with one attached hydrogen (secondary N) is 1. The second kappa shape index (κ2) is 10.3. The monoisotopic (exact) mass is 476 g/mol. The Morgan fingerprint density at radius 3 is 2.56 bits per heavy atom. The highest BCUT2D eigenvalue weighted by molar-refractivity contribution is 8.26. The van der Waals surface area contributed by atoms with Gasteiger partial charge < -0.3 is 9.47 Å². The van der Waals surface area contributed by atoms with E-state index in [1.165, 1.54) is 27.9 Å². The van der Waals surface area contributed by atoms with Crippen LogP contribution in [-0.4, -0.2) is 40.2 Å². The Morgan fingerprint density at radius 1 is 1.09 bits per heavy atom. The van der Waals surface area contributed by atoms with E-state index in [-0.39, 0.29) is 11.4 Å². The Kier molecular flexibility index (Phi) is 7.17. The van der Waals surface area contributed by atoms with Crippen molar-refractivity contribution >= 4 is 39.8 Å². The average molecular weight is 477 g/mol. The number of benzene rings is 2. The molecule has 0 spiro atoms. The molecular formula is C26H28N4O3S. The number of rotatable bonds is 8. The normalized spacial score (nSPS) is 16.6. The van der Waals surface area contributed by atoms with Crippen LogP contribution in [0.5, 0.6) is 11.5 Å². The van der Waals surface area contributed by atoms with E-state index < -0.39 is 5.91 Å². The first-order valence-electron chi connectivity index (χ1n) is 11.2. The van der Waals surface area contributed by atoms with Crippen LogP contribution in [0.25, 0.3) is 6.08 Å². The van der Waals surface area contributed by atoms with Crippen LogP contribution in [0, 0.1) is 12.3 Å². The molecule has 0 bridgehead atoms. The smallest absolute Gasteiger partial charge is 0.283 e. The Labute approximate surface area is 204 Å². The molecule has 34 heavy (non-hydrogen) atoms. The molecule has 4 rings (SSSR count). The van der Waals surface area contributed by atoms with Gasteiger partial charge in [0.2, 0.25) is 5.17 Å². The van der Waals surface area contributed by atoms with Crippen molar-refractivity contribution < 1.29 is 14.3 Å². The third-order valence-electron chi connectivity index (χ3n) is 5.35. The van der Waals surface area contributed by atoms with Crippen LogP contribution in [0.2, 0.25) is 0 Å². The minimum Gasteiger partial charge on any atom is -0.493 e. The first-order valence-corrected chi connectivity index (χ1v) is 12.1. The third kappa shape index (κ3) is 5.39. The van der Waals surface area contributed by atoms with Crippen molar-refractivity contribution in [1.82, 2.24) is 5.01 Å². The van der Waals surface area contributed by atoms with Crippen molar-refractivity contribution in [3.63, 3.8) is 0 Å². The second-order valence-corrected chi connectivity index (χ2v) is 9.61. The summed E-state index contributed by atoms with van der Waals surface area (Å²) < 4.78 is 11.9. The van der Waals surface area contributed by atoms with E-state index in [2.05, 4.69) is 49.1 Å². The van der Waals surface area contributed by atoms with Gasteiger partial charge in [0.1, 0.15) is 11.5 Å². The fourth-order valence-electron chi connectivity index (χ4n) is 3.59. The molecule has 0 aromatic heterocycles. The summed E-state index contributed by atoms with van der Waals surface area (Å²) in [6.07, 6.45) is 2.42. The molecule has 0 saturated carbocycles. The van der Waals surface area contributed by atoms with E-state index in [0.29, 0.717) is 24.3 Å². The number of aryl methyl sites for hydroxylation is 1. The van der Waals surface area contributed by atoms with E-state index in [1.54, 1.807) is 6.08 Å². The lowest BCUT2D eigenvalue weighted by atomic mass is 10.0. The molecule has 0 unspecified atom stereocenters. The second-order valence-electron chi connectivity index (χ2n) is 8.45. The number of amidine groups is 2. The van der Waals surface area contributed by atoms with Crippen LogP contribution in [0.4, 0.5) is 0 Å². The fourth-order valence-corrected chi connectivity index (χ4v) is 4.32. The zero-order valence-electron chi connectivity index (χ0n) is 19.8.